The summed E-state index contributed by atoms with van der Waals surface area (Å²) in [6.45, 7) is 7.42. The van der Waals surface area contributed by atoms with Crippen LogP contribution in [0.3, 0.4) is 0 Å². The first-order chi connectivity index (χ1) is 7.28. The van der Waals surface area contributed by atoms with E-state index in [4.69, 9.17) is 10.2 Å². The third-order valence-electron chi connectivity index (χ3n) is 2.21. The minimum Gasteiger partial charge on any atom is -0.395 e. The molecule has 0 spiro atoms. The Kier molecular flexibility index (Phi) is 10.2. The average molecular weight is 219 g/mol. The number of likely N-dealkylation sites (N-methyl/N-ethyl adjacent to an activating group) is 2. The quantitative estimate of drug-likeness (QED) is 0.310. The Bertz CT molecular complexity index is 122. The Morgan fingerprint density at radius 2 is 1.27 bits per heavy atom. The molecule has 0 bridgehead atoms. The Balaban J connectivity index is 3.55. The van der Waals surface area contributed by atoms with Crippen molar-refractivity contribution in [2.75, 3.05) is 39.4 Å². The monoisotopic (exact) mass is 219 g/mol. The molecule has 0 saturated carbocycles. The first kappa shape index (κ1) is 14.8. The number of hydrogen-bond acceptors (Lipinski definition) is 5. The summed E-state index contributed by atoms with van der Waals surface area (Å²) in [6.07, 6.45) is 0. The van der Waals surface area contributed by atoms with E-state index < -0.39 is 0 Å². The minimum absolute atomic E-state index is 0.0935. The molecule has 92 valence electrons. The SMILES string of the molecule is CCNC(CO)CNCC(CO)NCC. The van der Waals surface area contributed by atoms with Crippen LogP contribution in [0.2, 0.25) is 0 Å². The lowest BCUT2D eigenvalue weighted by Gasteiger charge is -2.19. The maximum Gasteiger partial charge on any atom is 0.0597 e. The lowest BCUT2D eigenvalue weighted by atomic mass is 10.2. The molecule has 0 aliphatic carbocycles. The Morgan fingerprint density at radius 1 is 0.867 bits per heavy atom. The molecule has 15 heavy (non-hydrogen) atoms. The van der Waals surface area contributed by atoms with Crippen molar-refractivity contribution in [1.82, 2.24) is 16.0 Å². The molecule has 0 aliphatic heterocycles. The second kappa shape index (κ2) is 10.3. The molecule has 0 radical (unpaired) electrons. The topological polar surface area (TPSA) is 76.5 Å². The van der Waals surface area contributed by atoms with Gasteiger partial charge in [0.2, 0.25) is 0 Å². The van der Waals surface area contributed by atoms with Crippen LogP contribution in [0.4, 0.5) is 0 Å². The zero-order chi connectivity index (χ0) is 11.5. The molecule has 2 unspecified atom stereocenters. The lowest BCUT2D eigenvalue weighted by molar-refractivity contribution is 0.225. The van der Waals surface area contributed by atoms with E-state index in [1.54, 1.807) is 0 Å². The molecule has 0 aromatic rings. The molecule has 5 nitrogen and oxygen atoms in total. The van der Waals surface area contributed by atoms with Crippen LogP contribution >= 0.6 is 0 Å². The van der Waals surface area contributed by atoms with Gasteiger partial charge >= 0.3 is 0 Å². The fraction of sp³-hybridized carbons (Fsp3) is 1.00. The van der Waals surface area contributed by atoms with E-state index in [9.17, 15) is 0 Å². The molecule has 0 saturated heterocycles. The number of rotatable bonds is 10. The zero-order valence-electron chi connectivity index (χ0n) is 9.79. The maximum atomic E-state index is 9.02. The van der Waals surface area contributed by atoms with Crippen LogP contribution in [0.15, 0.2) is 0 Å². The number of nitrogens with one attached hydrogen (secondary N) is 3. The molecular weight excluding hydrogens is 194 g/mol. The summed E-state index contributed by atoms with van der Waals surface area (Å²) in [4.78, 5) is 0. The van der Waals surface area contributed by atoms with Crippen LogP contribution in [0.25, 0.3) is 0 Å². The molecule has 0 aromatic carbocycles. The van der Waals surface area contributed by atoms with Gasteiger partial charge in [0.1, 0.15) is 0 Å². The molecule has 5 heteroatoms. The normalized spacial score (nSPS) is 15.2. The van der Waals surface area contributed by atoms with Gasteiger partial charge in [0, 0.05) is 25.2 Å². The van der Waals surface area contributed by atoms with Gasteiger partial charge in [0.25, 0.3) is 0 Å². The molecular formula is C10H25N3O2. The van der Waals surface area contributed by atoms with Crippen LogP contribution in [0, 0.1) is 0 Å². The van der Waals surface area contributed by atoms with Gasteiger partial charge in [-0.05, 0) is 13.1 Å². The van der Waals surface area contributed by atoms with Gasteiger partial charge in [-0.3, -0.25) is 0 Å². The van der Waals surface area contributed by atoms with Crippen molar-refractivity contribution < 1.29 is 10.2 Å². The van der Waals surface area contributed by atoms with E-state index in [1.807, 2.05) is 13.8 Å². The number of hydrogen-bond donors (Lipinski definition) is 5. The van der Waals surface area contributed by atoms with Crippen LogP contribution in [0.5, 0.6) is 0 Å². The second-order valence-electron chi connectivity index (χ2n) is 3.53. The van der Waals surface area contributed by atoms with Gasteiger partial charge in [-0.1, -0.05) is 13.8 Å². The molecule has 0 aromatic heterocycles. The summed E-state index contributed by atoms with van der Waals surface area (Å²) in [6, 6.07) is 0.187. The molecule has 0 fully saturated rings. The van der Waals surface area contributed by atoms with Crippen molar-refractivity contribution in [2.45, 2.75) is 25.9 Å². The second-order valence-corrected chi connectivity index (χ2v) is 3.53. The van der Waals surface area contributed by atoms with E-state index in [0.29, 0.717) is 13.1 Å². The Labute approximate surface area is 92.3 Å². The molecule has 2 atom stereocenters. The number of aliphatic hydroxyl groups is 2. The van der Waals surface area contributed by atoms with Gasteiger partial charge in [0.05, 0.1) is 13.2 Å². The van der Waals surface area contributed by atoms with Crippen molar-refractivity contribution in [3.05, 3.63) is 0 Å². The van der Waals surface area contributed by atoms with Crippen LogP contribution in [-0.4, -0.2) is 61.7 Å². The molecule has 0 amide bonds. The highest BCUT2D eigenvalue weighted by atomic mass is 16.3. The maximum absolute atomic E-state index is 9.02. The first-order valence-electron chi connectivity index (χ1n) is 5.67. The summed E-state index contributed by atoms with van der Waals surface area (Å²) in [5.74, 6) is 0. The standard InChI is InChI=1S/C10H25N3O2/c1-3-12-9(7-14)5-11-6-10(8-15)13-4-2/h9-15H,3-8H2,1-2H3. The van der Waals surface area contributed by atoms with Crippen molar-refractivity contribution >= 4 is 0 Å². The van der Waals surface area contributed by atoms with Crippen molar-refractivity contribution in [3.63, 3.8) is 0 Å². The predicted molar refractivity (Wildman–Crippen MR) is 62.0 cm³/mol. The molecule has 0 rings (SSSR count). The fourth-order valence-corrected chi connectivity index (χ4v) is 1.41. The summed E-state index contributed by atoms with van der Waals surface area (Å²) in [5.41, 5.74) is 0. The third-order valence-corrected chi connectivity index (χ3v) is 2.21. The van der Waals surface area contributed by atoms with Gasteiger partial charge in [-0.15, -0.1) is 0 Å². The van der Waals surface area contributed by atoms with Crippen LogP contribution < -0.4 is 16.0 Å². The smallest absolute Gasteiger partial charge is 0.0597 e. The highest BCUT2D eigenvalue weighted by Gasteiger charge is 2.07. The van der Waals surface area contributed by atoms with E-state index in [-0.39, 0.29) is 25.3 Å². The van der Waals surface area contributed by atoms with Crippen LogP contribution in [-0.2, 0) is 0 Å². The highest BCUT2D eigenvalue weighted by Crippen LogP contribution is 1.82. The fourth-order valence-electron chi connectivity index (χ4n) is 1.41. The largest absolute Gasteiger partial charge is 0.395 e. The van der Waals surface area contributed by atoms with Gasteiger partial charge < -0.3 is 26.2 Å². The van der Waals surface area contributed by atoms with Gasteiger partial charge in [-0.25, -0.2) is 0 Å². The summed E-state index contributed by atoms with van der Waals surface area (Å²) >= 11 is 0. The lowest BCUT2D eigenvalue weighted by Crippen LogP contribution is -2.46. The average Bonchev–Trinajstić information content (AvgIpc) is 2.26. The van der Waals surface area contributed by atoms with E-state index >= 15 is 0 Å². The van der Waals surface area contributed by atoms with E-state index in [0.717, 1.165) is 13.1 Å². The van der Waals surface area contributed by atoms with Crippen molar-refractivity contribution in [3.8, 4) is 0 Å². The molecule has 0 aliphatic rings. The summed E-state index contributed by atoms with van der Waals surface area (Å²) in [7, 11) is 0. The Hall–Kier alpha value is -0.200. The third kappa shape index (κ3) is 7.70. The number of aliphatic hydroxyl groups excluding tert-OH is 2. The summed E-state index contributed by atoms with van der Waals surface area (Å²) < 4.78 is 0. The predicted octanol–water partition coefficient (Wildman–Crippen LogP) is -1.48. The minimum atomic E-state index is 0.0935. The Morgan fingerprint density at radius 3 is 1.53 bits per heavy atom. The van der Waals surface area contributed by atoms with E-state index in [1.165, 1.54) is 0 Å². The zero-order valence-corrected chi connectivity index (χ0v) is 9.79. The van der Waals surface area contributed by atoms with Gasteiger partial charge in [-0.2, -0.15) is 0 Å². The van der Waals surface area contributed by atoms with E-state index in [2.05, 4.69) is 16.0 Å². The first-order valence-corrected chi connectivity index (χ1v) is 5.67. The van der Waals surface area contributed by atoms with Crippen LogP contribution in [0.1, 0.15) is 13.8 Å². The highest BCUT2D eigenvalue weighted by molar-refractivity contribution is 4.72. The summed E-state index contributed by atoms with van der Waals surface area (Å²) in [5, 5.41) is 27.6. The molecule has 5 N–H and O–H groups in total. The van der Waals surface area contributed by atoms with Crippen molar-refractivity contribution in [1.29, 1.82) is 0 Å². The van der Waals surface area contributed by atoms with Crippen molar-refractivity contribution in [2.24, 2.45) is 0 Å². The van der Waals surface area contributed by atoms with Gasteiger partial charge in [0.15, 0.2) is 0 Å². The molecule has 0 heterocycles.